The third kappa shape index (κ3) is 3.14. The summed E-state index contributed by atoms with van der Waals surface area (Å²) in [5.41, 5.74) is 0.933. The lowest BCUT2D eigenvalue weighted by molar-refractivity contribution is -0.137. The van der Waals surface area contributed by atoms with Gasteiger partial charge in [-0.3, -0.25) is 9.59 Å². The van der Waals surface area contributed by atoms with E-state index in [4.69, 9.17) is 4.74 Å². The van der Waals surface area contributed by atoms with Crippen LogP contribution in [-0.4, -0.2) is 18.7 Å². The van der Waals surface area contributed by atoms with E-state index in [1.807, 2.05) is 0 Å². The van der Waals surface area contributed by atoms with Crippen LogP contribution in [-0.2, 0) is 12.6 Å². The second-order valence-corrected chi connectivity index (χ2v) is 6.04. The molecular weight excluding hydrogens is 345 g/mol. The monoisotopic (exact) mass is 360 g/mol. The first-order valence-electron chi connectivity index (χ1n) is 7.85. The highest BCUT2D eigenvalue weighted by Gasteiger charge is 2.32. The number of methoxy groups -OCH3 is 1. The Bertz CT molecular complexity index is 922. The van der Waals surface area contributed by atoms with Crippen molar-refractivity contribution >= 4 is 11.6 Å². The summed E-state index contributed by atoms with van der Waals surface area (Å²) in [5.74, 6) is -0.113. The number of rotatable bonds is 3. The Morgan fingerprint density at radius 1 is 0.923 bits per heavy atom. The average molecular weight is 360 g/mol. The van der Waals surface area contributed by atoms with Crippen molar-refractivity contribution in [2.45, 2.75) is 19.5 Å². The van der Waals surface area contributed by atoms with E-state index < -0.39 is 11.7 Å². The quantitative estimate of drug-likeness (QED) is 0.800. The number of carbonyl (C=O) groups is 2. The number of alkyl halides is 3. The van der Waals surface area contributed by atoms with Crippen molar-refractivity contribution in [2.75, 3.05) is 7.11 Å². The second-order valence-electron chi connectivity index (χ2n) is 6.04. The minimum atomic E-state index is -4.42. The molecule has 2 aromatic rings. The van der Waals surface area contributed by atoms with Gasteiger partial charge in [-0.25, -0.2) is 0 Å². The first-order valence-corrected chi connectivity index (χ1v) is 7.85. The summed E-state index contributed by atoms with van der Waals surface area (Å²) in [6.07, 6.45) is -4.33. The highest BCUT2D eigenvalue weighted by Crippen LogP contribution is 2.32. The molecule has 6 heteroatoms. The van der Waals surface area contributed by atoms with Crippen molar-refractivity contribution in [3.05, 3.63) is 75.9 Å². The predicted octanol–water partition coefficient (Wildman–Crippen LogP) is 4.65. The van der Waals surface area contributed by atoms with Gasteiger partial charge in [0.25, 0.3) is 0 Å². The Morgan fingerprint density at radius 3 is 2.15 bits per heavy atom. The number of benzene rings is 2. The van der Waals surface area contributed by atoms with Crippen molar-refractivity contribution in [2.24, 2.45) is 0 Å². The van der Waals surface area contributed by atoms with Crippen LogP contribution in [0.4, 0.5) is 13.2 Å². The second kappa shape index (κ2) is 6.44. The summed E-state index contributed by atoms with van der Waals surface area (Å²) in [4.78, 5) is 25.4. The third-order valence-corrected chi connectivity index (χ3v) is 4.45. The number of fused-ring (bicyclic) bond motifs is 1. The molecule has 2 aromatic carbocycles. The topological polar surface area (TPSA) is 43.4 Å². The van der Waals surface area contributed by atoms with Crippen LogP contribution in [0.2, 0.25) is 0 Å². The van der Waals surface area contributed by atoms with Gasteiger partial charge >= 0.3 is 6.18 Å². The van der Waals surface area contributed by atoms with Crippen molar-refractivity contribution < 1.29 is 27.5 Å². The van der Waals surface area contributed by atoms with E-state index in [1.54, 1.807) is 19.1 Å². The van der Waals surface area contributed by atoms with Crippen LogP contribution in [0, 0.1) is 0 Å². The Labute approximate surface area is 148 Å². The molecule has 26 heavy (non-hydrogen) atoms. The van der Waals surface area contributed by atoms with E-state index in [9.17, 15) is 22.8 Å². The van der Waals surface area contributed by atoms with E-state index in [-0.39, 0.29) is 29.1 Å². The van der Waals surface area contributed by atoms with Crippen LogP contribution < -0.4 is 4.74 Å². The molecule has 0 radical (unpaired) electrons. The molecule has 0 spiro atoms. The van der Waals surface area contributed by atoms with Gasteiger partial charge in [0.05, 0.1) is 12.7 Å². The molecule has 1 aliphatic rings. The number of ketones is 2. The fraction of sp³-hybridized carbons (Fsp3) is 0.200. The summed E-state index contributed by atoms with van der Waals surface area (Å²) >= 11 is 0. The summed E-state index contributed by atoms with van der Waals surface area (Å²) in [5, 5.41) is 0. The fourth-order valence-corrected chi connectivity index (χ4v) is 2.94. The molecule has 0 saturated heterocycles. The number of carbonyl (C=O) groups excluding carboxylic acids is 2. The summed E-state index contributed by atoms with van der Waals surface area (Å²) in [6, 6.07) is 9.25. The van der Waals surface area contributed by atoms with Crippen LogP contribution in [0.15, 0.2) is 53.6 Å². The molecular formula is C20H15F3O3. The molecule has 0 aromatic heterocycles. The minimum absolute atomic E-state index is 0.0885. The van der Waals surface area contributed by atoms with Gasteiger partial charge in [0, 0.05) is 28.7 Å². The zero-order chi connectivity index (χ0) is 19.1. The third-order valence-electron chi connectivity index (χ3n) is 4.45. The number of halogens is 3. The van der Waals surface area contributed by atoms with Gasteiger partial charge in [0.2, 0.25) is 0 Å². The highest BCUT2D eigenvalue weighted by molar-refractivity contribution is 6.26. The van der Waals surface area contributed by atoms with Gasteiger partial charge in [-0.15, -0.1) is 0 Å². The minimum Gasteiger partial charge on any atom is -0.497 e. The lowest BCUT2D eigenvalue weighted by atomic mass is 9.82. The molecule has 0 unspecified atom stereocenters. The van der Waals surface area contributed by atoms with E-state index >= 15 is 0 Å². The van der Waals surface area contributed by atoms with Gasteiger partial charge in [-0.05, 0) is 42.8 Å². The van der Waals surface area contributed by atoms with Gasteiger partial charge in [0.1, 0.15) is 5.75 Å². The van der Waals surface area contributed by atoms with Crippen LogP contribution >= 0.6 is 0 Å². The maximum absolute atomic E-state index is 12.8. The van der Waals surface area contributed by atoms with Crippen LogP contribution in [0.5, 0.6) is 5.75 Å². The zero-order valence-electron chi connectivity index (χ0n) is 14.1. The molecule has 1 aliphatic carbocycles. The molecule has 0 amide bonds. The fourth-order valence-electron chi connectivity index (χ4n) is 2.94. The Kier molecular flexibility index (Phi) is 4.44. The number of ether oxygens (including phenoxy) is 1. The van der Waals surface area contributed by atoms with E-state index in [0.717, 1.165) is 12.1 Å². The molecule has 0 aliphatic heterocycles. The molecule has 0 fully saturated rings. The van der Waals surface area contributed by atoms with Gasteiger partial charge < -0.3 is 4.74 Å². The van der Waals surface area contributed by atoms with Crippen molar-refractivity contribution in [1.29, 1.82) is 0 Å². The molecule has 0 N–H and O–H groups in total. The summed E-state index contributed by atoms with van der Waals surface area (Å²) < 4.78 is 43.1. The molecule has 0 atom stereocenters. The van der Waals surface area contributed by atoms with Crippen LogP contribution in [0.25, 0.3) is 0 Å². The molecule has 0 heterocycles. The average Bonchev–Trinajstić information content (AvgIpc) is 2.62. The maximum atomic E-state index is 12.8. The van der Waals surface area contributed by atoms with Gasteiger partial charge in [-0.2, -0.15) is 13.2 Å². The van der Waals surface area contributed by atoms with Crippen molar-refractivity contribution in [1.82, 2.24) is 0 Å². The summed E-state index contributed by atoms with van der Waals surface area (Å²) in [7, 11) is 1.46. The maximum Gasteiger partial charge on any atom is 0.416 e. The first kappa shape index (κ1) is 17.9. The number of Topliss-reactive ketones (excluding diaryl/α,β-unsaturated/α-hetero) is 2. The number of hydrogen-bond acceptors (Lipinski definition) is 3. The van der Waals surface area contributed by atoms with Gasteiger partial charge in [0.15, 0.2) is 11.6 Å². The molecule has 134 valence electrons. The molecule has 3 rings (SSSR count). The van der Waals surface area contributed by atoms with E-state index in [1.165, 1.54) is 25.3 Å². The smallest absolute Gasteiger partial charge is 0.416 e. The van der Waals surface area contributed by atoms with Crippen LogP contribution in [0.1, 0.15) is 38.8 Å². The van der Waals surface area contributed by atoms with Gasteiger partial charge in [-0.1, -0.05) is 12.1 Å². The Balaban J connectivity index is 1.95. The lowest BCUT2D eigenvalue weighted by Crippen LogP contribution is -2.22. The largest absolute Gasteiger partial charge is 0.497 e. The first-order chi connectivity index (χ1) is 12.2. The zero-order valence-corrected chi connectivity index (χ0v) is 14.1. The normalized spacial score (nSPS) is 14.5. The Morgan fingerprint density at radius 2 is 1.58 bits per heavy atom. The predicted molar refractivity (Wildman–Crippen MR) is 89.5 cm³/mol. The summed E-state index contributed by atoms with van der Waals surface area (Å²) in [6.45, 7) is 1.56. The van der Waals surface area contributed by atoms with Crippen molar-refractivity contribution in [3.8, 4) is 5.75 Å². The highest BCUT2D eigenvalue weighted by atomic mass is 19.4. The van der Waals surface area contributed by atoms with E-state index in [2.05, 4.69) is 0 Å². The van der Waals surface area contributed by atoms with E-state index in [0.29, 0.717) is 22.4 Å². The Hall–Kier alpha value is -2.89. The lowest BCUT2D eigenvalue weighted by Gasteiger charge is -2.20. The van der Waals surface area contributed by atoms with Crippen LogP contribution in [0.3, 0.4) is 0 Å². The molecule has 0 bridgehead atoms. The number of hydrogen-bond donors (Lipinski definition) is 0. The molecule has 0 saturated carbocycles. The standard InChI is InChI=1S/C20H15F3O3/c1-11-16(9-12-3-5-13(6-4-12)20(21,22)23)19(25)17-10-14(26-2)7-8-15(17)18(11)24/h3-8,10H,9H2,1-2H3. The molecule has 3 nitrogen and oxygen atoms in total. The SMILES string of the molecule is COc1ccc2c(c1)C(=O)C(Cc1ccc(C(F)(F)F)cc1)=C(C)C2=O. The number of allylic oxidation sites excluding steroid dienone is 2. The van der Waals surface area contributed by atoms with Crippen molar-refractivity contribution in [3.63, 3.8) is 0 Å².